The van der Waals surface area contributed by atoms with Crippen molar-refractivity contribution in [1.29, 1.82) is 0 Å². The molecule has 0 radical (unpaired) electrons. The Labute approximate surface area is 194 Å². The first kappa shape index (κ1) is 19.3. The van der Waals surface area contributed by atoms with Gasteiger partial charge in [0.2, 0.25) is 11.8 Å². The molecular formula is C23H17FN2O3S3. The van der Waals surface area contributed by atoms with Gasteiger partial charge in [0.05, 0.1) is 22.5 Å². The Kier molecular flexibility index (Phi) is 4.00. The summed E-state index contributed by atoms with van der Waals surface area (Å²) in [4.78, 5) is 45.7. The van der Waals surface area contributed by atoms with Crippen LogP contribution in [0.4, 0.5) is 10.1 Å². The van der Waals surface area contributed by atoms with E-state index in [4.69, 9.17) is 0 Å². The van der Waals surface area contributed by atoms with Crippen molar-refractivity contribution >= 4 is 51.9 Å². The molecule has 4 aliphatic rings. The zero-order valence-electron chi connectivity index (χ0n) is 16.6. The lowest BCUT2D eigenvalue weighted by atomic mass is 9.69. The Morgan fingerprint density at radius 1 is 1.00 bits per heavy atom. The number of halogens is 1. The van der Waals surface area contributed by atoms with Crippen LogP contribution >= 0.6 is 34.4 Å². The number of rotatable bonds is 2. The van der Waals surface area contributed by atoms with Crippen LogP contribution in [0.5, 0.6) is 0 Å². The Hall–Kier alpha value is -2.23. The minimum Gasteiger partial charge on any atom is -0.307 e. The van der Waals surface area contributed by atoms with E-state index in [1.54, 1.807) is 23.1 Å². The van der Waals surface area contributed by atoms with E-state index in [1.807, 2.05) is 6.07 Å². The van der Waals surface area contributed by atoms with Crippen LogP contribution in [0.25, 0.3) is 0 Å². The maximum absolute atomic E-state index is 13.5. The molecule has 9 heteroatoms. The predicted octanol–water partition coefficient (Wildman–Crippen LogP) is 4.31. The molecule has 162 valence electrons. The molecule has 3 aromatic rings. The largest absolute Gasteiger partial charge is 0.307 e. The highest BCUT2D eigenvalue weighted by Crippen LogP contribution is 2.68. The molecule has 7 rings (SSSR count). The lowest BCUT2D eigenvalue weighted by molar-refractivity contribution is -0.123. The van der Waals surface area contributed by atoms with E-state index in [0.717, 1.165) is 16.3 Å². The number of imide groups is 1. The van der Waals surface area contributed by atoms with Crippen molar-refractivity contribution in [3.05, 3.63) is 67.0 Å². The molecule has 4 heterocycles. The van der Waals surface area contributed by atoms with Crippen LogP contribution in [0, 0.1) is 35.4 Å². The molecule has 2 aliphatic carbocycles. The van der Waals surface area contributed by atoms with Crippen LogP contribution in [-0.2, 0) is 9.59 Å². The van der Waals surface area contributed by atoms with Crippen molar-refractivity contribution in [1.82, 2.24) is 4.98 Å². The lowest BCUT2D eigenvalue weighted by Crippen LogP contribution is -2.42. The normalized spacial score (nSPS) is 34.7. The van der Waals surface area contributed by atoms with Crippen LogP contribution in [0.1, 0.15) is 22.1 Å². The smallest absolute Gasteiger partial charge is 0.305 e. The number of carbonyl (C=O) groups is 2. The summed E-state index contributed by atoms with van der Waals surface area (Å²) in [6.07, 6.45) is 0.869. The molecule has 2 bridgehead atoms. The van der Waals surface area contributed by atoms with E-state index in [1.165, 1.54) is 45.4 Å². The number of hydrogen-bond donors (Lipinski definition) is 1. The van der Waals surface area contributed by atoms with Crippen LogP contribution in [0.15, 0.2) is 51.6 Å². The number of benzene rings is 1. The Bertz CT molecular complexity index is 1310. The highest BCUT2D eigenvalue weighted by molar-refractivity contribution is 8.00. The number of nitrogens with zero attached hydrogens (tertiary/aromatic N) is 1. The fourth-order valence-electron chi connectivity index (χ4n) is 6.65. The number of aromatic nitrogens is 1. The van der Waals surface area contributed by atoms with Crippen molar-refractivity contribution in [2.24, 2.45) is 29.6 Å². The average molecular weight is 485 g/mol. The van der Waals surface area contributed by atoms with Gasteiger partial charge in [0.1, 0.15) is 5.82 Å². The van der Waals surface area contributed by atoms with E-state index in [2.05, 4.69) is 16.4 Å². The van der Waals surface area contributed by atoms with Gasteiger partial charge in [0, 0.05) is 20.9 Å². The third-order valence-electron chi connectivity index (χ3n) is 7.66. The second-order valence-electron chi connectivity index (χ2n) is 8.96. The van der Waals surface area contributed by atoms with Crippen LogP contribution in [0.2, 0.25) is 0 Å². The second-order valence-corrected chi connectivity index (χ2v) is 12.1. The number of amides is 2. The first-order valence-corrected chi connectivity index (χ1v) is 13.2. The summed E-state index contributed by atoms with van der Waals surface area (Å²) in [7, 11) is 0. The molecule has 5 nitrogen and oxygen atoms in total. The van der Waals surface area contributed by atoms with Crippen molar-refractivity contribution < 1.29 is 14.0 Å². The Morgan fingerprint density at radius 3 is 2.47 bits per heavy atom. The fourth-order valence-corrected chi connectivity index (χ4v) is 10.5. The van der Waals surface area contributed by atoms with Crippen molar-refractivity contribution in [3.8, 4) is 0 Å². The number of hydrogen-bond acceptors (Lipinski definition) is 6. The first-order chi connectivity index (χ1) is 15.5. The minimum atomic E-state index is -0.394. The number of thioether (sulfide) groups is 1. The third-order valence-corrected chi connectivity index (χ3v) is 11.2. The van der Waals surface area contributed by atoms with Crippen molar-refractivity contribution in [2.75, 3.05) is 4.90 Å². The maximum atomic E-state index is 13.5. The fraction of sp³-hybridized carbons (Fsp3) is 0.348. The Morgan fingerprint density at radius 2 is 1.75 bits per heavy atom. The Balaban J connectivity index is 1.32. The number of fused-ring (bicyclic) bond motifs is 9. The highest BCUT2D eigenvalue weighted by atomic mass is 32.2. The van der Waals surface area contributed by atoms with Gasteiger partial charge in [-0.05, 0) is 59.9 Å². The first-order valence-electron chi connectivity index (χ1n) is 10.6. The quantitative estimate of drug-likeness (QED) is 0.550. The molecular weight excluding hydrogens is 467 g/mol. The molecule has 2 aromatic heterocycles. The molecule has 1 N–H and O–H groups in total. The third kappa shape index (κ3) is 2.42. The van der Waals surface area contributed by atoms with E-state index in [-0.39, 0.29) is 57.4 Å². The molecule has 0 spiro atoms. The zero-order chi connectivity index (χ0) is 21.7. The van der Waals surface area contributed by atoms with Crippen LogP contribution in [-0.4, -0.2) is 22.0 Å². The summed E-state index contributed by atoms with van der Waals surface area (Å²) in [6, 6.07) is 9.73. The minimum absolute atomic E-state index is 0.0498. The summed E-state index contributed by atoms with van der Waals surface area (Å²) in [5.74, 6) is -0.873. The van der Waals surface area contributed by atoms with E-state index in [0.29, 0.717) is 5.69 Å². The predicted molar refractivity (Wildman–Crippen MR) is 122 cm³/mol. The molecule has 1 aromatic carbocycles. The van der Waals surface area contributed by atoms with E-state index < -0.39 is 5.82 Å². The summed E-state index contributed by atoms with van der Waals surface area (Å²) >= 11 is 4.65. The summed E-state index contributed by atoms with van der Waals surface area (Å²) in [5.41, 5.74) is 0.448. The van der Waals surface area contributed by atoms with Crippen molar-refractivity contribution in [2.45, 2.75) is 22.6 Å². The second kappa shape index (κ2) is 6.65. The molecule has 2 amide bonds. The summed E-state index contributed by atoms with van der Waals surface area (Å²) in [5, 5.41) is 3.17. The van der Waals surface area contributed by atoms with Crippen LogP contribution < -0.4 is 9.77 Å². The average Bonchev–Trinajstić information content (AvgIpc) is 3.57. The molecule has 32 heavy (non-hydrogen) atoms. The van der Waals surface area contributed by atoms with Gasteiger partial charge in [-0.1, -0.05) is 17.4 Å². The van der Waals surface area contributed by atoms with Gasteiger partial charge >= 0.3 is 4.87 Å². The summed E-state index contributed by atoms with van der Waals surface area (Å²) in [6.45, 7) is 0. The molecule has 2 aliphatic heterocycles. The molecule has 1 saturated heterocycles. The topological polar surface area (TPSA) is 70.2 Å². The van der Waals surface area contributed by atoms with E-state index >= 15 is 0 Å². The summed E-state index contributed by atoms with van der Waals surface area (Å²) < 4.78 is 13.4. The van der Waals surface area contributed by atoms with Gasteiger partial charge in [-0.15, -0.1) is 23.1 Å². The highest BCUT2D eigenvalue weighted by Gasteiger charge is 2.69. The van der Waals surface area contributed by atoms with E-state index in [9.17, 15) is 18.8 Å². The van der Waals surface area contributed by atoms with Crippen molar-refractivity contribution in [3.63, 3.8) is 0 Å². The van der Waals surface area contributed by atoms with Crippen LogP contribution in [0.3, 0.4) is 0 Å². The zero-order valence-corrected chi connectivity index (χ0v) is 19.0. The number of thiophene rings is 1. The number of aromatic amines is 1. The standard InChI is InChI=1S/C23H17FN2O3S3/c24-9-3-5-10(6-4-9)26-21(27)15-11-8-12(16(15)22(26)28)18-14(11)17(13-2-1-7-30-13)19-20(31-18)25-23(29)32-19/h1-7,11-12,14-18H,8H2,(H,25,29)/t11?,12?,14?,15?,16?,17-,18?/m1/s1. The van der Waals surface area contributed by atoms with Gasteiger partial charge < -0.3 is 4.98 Å². The number of carbonyl (C=O) groups excluding carboxylic acids is 2. The van der Waals surface area contributed by atoms with Gasteiger partial charge in [-0.2, -0.15) is 0 Å². The molecule has 2 saturated carbocycles. The van der Waals surface area contributed by atoms with Gasteiger partial charge in [-0.3, -0.25) is 19.3 Å². The van der Waals surface area contributed by atoms with Gasteiger partial charge in [0.15, 0.2) is 0 Å². The number of nitrogens with one attached hydrogen (secondary N) is 1. The van der Waals surface area contributed by atoms with Gasteiger partial charge in [-0.25, -0.2) is 4.39 Å². The molecule has 7 atom stereocenters. The monoisotopic (exact) mass is 484 g/mol. The molecule has 3 fully saturated rings. The number of thiazole rings is 1. The SMILES string of the molecule is O=C1C2C3CC(C2C(=O)N1c1ccc(F)cc1)C1C3Sc2[nH]c(=O)sc2[C@@H]1c1cccs1. The molecule has 6 unspecified atom stereocenters. The maximum Gasteiger partial charge on any atom is 0.305 e. The number of H-pyrrole nitrogens is 1. The number of anilines is 1. The lowest BCUT2D eigenvalue weighted by Gasteiger charge is -2.42. The van der Waals surface area contributed by atoms with Gasteiger partial charge in [0.25, 0.3) is 0 Å².